The highest BCUT2D eigenvalue weighted by molar-refractivity contribution is 7.89. The molecule has 0 unspecified atom stereocenters. The van der Waals surface area contributed by atoms with E-state index < -0.39 is 10.0 Å². The normalized spacial score (nSPS) is 20.9. The topological polar surface area (TPSA) is 99.7 Å². The fourth-order valence-corrected chi connectivity index (χ4v) is 6.10. The van der Waals surface area contributed by atoms with Gasteiger partial charge in [-0.2, -0.15) is 4.31 Å². The van der Waals surface area contributed by atoms with Crippen molar-refractivity contribution in [2.24, 2.45) is 0 Å². The molecule has 0 saturated carbocycles. The van der Waals surface area contributed by atoms with Crippen LogP contribution in [-0.4, -0.2) is 118 Å². The standard InChI is InChI=1S/C23H34N4O6S/c1-32-21-6-5-19(34(30,31)27-13-15-33-16-14-27)17-20(21)23(29)26-11-9-24(10-12-26)18-22(28)25-7-3-2-4-8-25/h5-6,17H,2-4,7-16,18H2,1H3. The summed E-state index contributed by atoms with van der Waals surface area (Å²) in [6.45, 7) is 5.45. The molecule has 11 heteroatoms. The SMILES string of the molecule is COc1ccc(S(=O)(=O)N2CCOCC2)cc1C(=O)N1CCN(CC(=O)N2CCCCC2)CC1. The molecule has 3 heterocycles. The van der Waals surface area contributed by atoms with Gasteiger partial charge < -0.3 is 19.3 Å². The van der Waals surface area contributed by atoms with E-state index in [1.807, 2.05) is 4.90 Å². The smallest absolute Gasteiger partial charge is 0.257 e. The maximum Gasteiger partial charge on any atom is 0.257 e. The van der Waals surface area contributed by atoms with Crippen LogP contribution in [0.5, 0.6) is 5.75 Å². The van der Waals surface area contributed by atoms with E-state index in [-0.39, 0.29) is 35.4 Å². The van der Waals surface area contributed by atoms with Gasteiger partial charge in [0.1, 0.15) is 5.75 Å². The zero-order chi connectivity index (χ0) is 24.1. The van der Waals surface area contributed by atoms with E-state index in [0.717, 1.165) is 25.9 Å². The first-order valence-electron chi connectivity index (χ1n) is 12.0. The zero-order valence-corrected chi connectivity index (χ0v) is 20.6. The minimum absolute atomic E-state index is 0.0734. The molecule has 1 aromatic rings. The maximum absolute atomic E-state index is 13.3. The molecule has 3 saturated heterocycles. The number of sulfonamides is 1. The summed E-state index contributed by atoms with van der Waals surface area (Å²) in [7, 11) is -2.27. The highest BCUT2D eigenvalue weighted by Gasteiger charge is 2.30. The predicted molar refractivity (Wildman–Crippen MR) is 125 cm³/mol. The Morgan fingerprint density at radius 1 is 0.912 bits per heavy atom. The number of ether oxygens (including phenoxy) is 2. The summed E-state index contributed by atoms with van der Waals surface area (Å²) in [5.41, 5.74) is 0.231. The summed E-state index contributed by atoms with van der Waals surface area (Å²) in [5.74, 6) is 0.230. The van der Waals surface area contributed by atoms with Crippen molar-refractivity contribution in [2.75, 3.05) is 79.2 Å². The van der Waals surface area contributed by atoms with Crippen LogP contribution < -0.4 is 4.74 Å². The monoisotopic (exact) mass is 494 g/mol. The molecule has 0 bridgehead atoms. The molecule has 0 atom stereocenters. The van der Waals surface area contributed by atoms with Crippen molar-refractivity contribution in [1.29, 1.82) is 0 Å². The number of carbonyl (C=O) groups is 2. The number of likely N-dealkylation sites (tertiary alicyclic amines) is 1. The van der Waals surface area contributed by atoms with Gasteiger partial charge in [0.25, 0.3) is 5.91 Å². The van der Waals surface area contributed by atoms with Crippen molar-refractivity contribution in [1.82, 2.24) is 19.0 Å². The average Bonchev–Trinajstić information content (AvgIpc) is 2.89. The van der Waals surface area contributed by atoms with Gasteiger partial charge >= 0.3 is 0 Å². The van der Waals surface area contributed by atoms with E-state index in [1.165, 1.54) is 36.0 Å². The molecule has 34 heavy (non-hydrogen) atoms. The first-order chi connectivity index (χ1) is 16.4. The summed E-state index contributed by atoms with van der Waals surface area (Å²) in [6.07, 6.45) is 3.31. The Morgan fingerprint density at radius 3 is 2.24 bits per heavy atom. The average molecular weight is 495 g/mol. The summed E-state index contributed by atoms with van der Waals surface area (Å²) in [6, 6.07) is 4.43. The van der Waals surface area contributed by atoms with Gasteiger partial charge in [0.2, 0.25) is 15.9 Å². The summed E-state index contributed by atoms with van der Waals surface area (Å²) in [5, 5.41) is 0. The molecule has 2 amide bonds. The number of benzene rings is 1. The molecular weight excluding hydrogens is 460 g/mol. The summed E-state index contributed by atoms with van der Waals surface area (Å²) < 4.78 is 38.2. The van der Waals surface area contributed by atoms with Crippen LogP contribution in [0, 0.1) is 0 Å². The number of morpholine rings is 1. The van der Waals surface area contributed by atoms with E-state index in [4.69, 9.17) is 9.47 Å². The number of hydrogen-bond donors (Lipinski definition) is 0. The molecule has 0 radical (unpaired) electrons. The van der Waals surface area contributed by atoms with Crippen LogP contribution in [0.3, 0.4) is 0 Å². The fraction of sp³-hybridized carbons (Fsp3) is 0.652. The summed E-state index contributed by atoms with van der Waals surface area (Å²) in [4.78, 5) is 31.7. The lowest BCUT2D eigenvalue weighted by Crippen LogP contribution is -2.52. The molecule has 1 aromatic carbocycles. The molecule has 188 valence electrons. The first-order valence-corrected chi connectivity index (χ1v) is 13.4. The second-order valence-corrected chi connectivity index (χ2v) is 10.8. The Labute approximate surface area is 201 Å². The second-order valence-electron chi connectivity index (χ2n) is 8.89. The van der Waals surface area contributed by atoms with Crippen molar-refractivity contribution in [3.8, 4) is 5.75 Å². The van der Waals surface area contributed by atoms with Crippen molar-refractivity contribution >= 4 is 21.8 Å². The molecule has 0 aromatic heterocycles. The largest absolute Gasteiger partial charge is 0.496 e. The molecule has 0 spiro atoms. The third-order valence-electron chi connectivity index (χ3n) is 6.74. The quantitative estimate of drug-likeness (QED) is 0.567. The highest BCUT2D eigenvalue weighted by Crippen LogP contribution is 2.27. The van der Waals surface area contributed by atoms with Crippen LogP contribution in [0.15, 0.2) is 23.1 Å². The Morgan fingerprint density at radius 2 is 1.59 bits per heavy atom. The van der Waals surface area contributed by atoms with Gasteiger partial charge in [-0.15, -0.1) is 0 Å². The molecule has 3 aliphatic rings. The van der Waals surface area contributed by atoms with E-state index in [0.29, 0.717) is 51.7 Å². The van der Waals surface area contributed by atoms with Crippen LogP contribution in [0.2, 0.25) is 0 Å². The van der Waals surface area contributed by atoms with E-state index in [2.05, 4.69) is 4.90 Å². The highest BCUT2D eigenvalue weighted by atomic mass is 32.2. The van der Waals surface area contributed by atoms with Gasteiger partial charge in [0.15, 0.2) is 0 Å². The lowest BCUT2D eigenvalue weighted by Gasteiger charge is -2.36. The molecule has 3 aliphatic heterocycles. The number of nitrogens with zero attached hydrogens (tertiary/aromatic N) is 4. The minimum atomic E-state index is -3.73. The molecule has 3 fully saturated rings. The third-order valence-corrected chi connectivity index (χ3v) is 8.63. The predicted octanol–water partition coefficient (Wildman–Crippen LogP) is 0.486. The molecule has 0 N–H and O–H groups in total. The molecule has 0 aliphatic carbocycles. The Bertz CT molecular complexity index is 981. The van der Waals surface area contributed by atoms with Gasteiger partial charge in [-0.1, -0.05) is 0 Å². The number of methoxy groups -OCH3 is 1. The van der Waals surface area contributed by atoms with Gasteiger partial charge in [-0.25, -0.2) is 8.42 Å². The van der Waals surface area contributed by atoms with Crippen LogP contribution in [0.25, 0.3) is 0 Å². The molecule has 10 nitrogen and oxygen atoms in total. The van der Waals surface area contributed by atoms with Crippen LogP contribution >= 0.6 is 0 Å². The van der Waals surface area contributed by atoms with Crippen molar-refractivity contribution in [2.45, 2.75) is 24.2 Å². The van der Waals surface area contributed by atoms with E-state index in [1.54, 1.807) is 4.90 Å². The molecular formula is C23H34N4O6S. The fourth-order valence-electron chi connectivity index (χ4n) is 4.66. The van der Waals surface area contributed by atoms with Crippen molar-refractivity contribution in [3.63, 3.8) is 0 Å². The number of rotatable bonds is 6. The second kappa shape index (κ2) is 11.0. The Kier molecular flexibility index (Phi) is 8.07. The number of amides is 2. The lowest BCUT2D eigenvalue weighted by molar-refractivity contribution is -0.133. The van der Waals surface area contributed by atoms with E-state index in [9.17, 15) is 18.0 Å². The summed E-state index contributed by atoms with van der Waals surface area (Å²) >= 11 is 0. The molecule has 4 rings (SSSR count). The number of piperidine rings is 1. The van der Waals surface area contributed by atoms with Crippen LogP contribution in [-0.2, 0) is 19.6 Å². The maximum atomic E-state index is 13.3. The van der Waals surface area contributed by atoms with Crippen molar-refractivity contribution < 1.29 is 27.5 Å². The van der Waals surface area contributed by atoms with Gasteiger partial charge in [-0.3, -0.25) is 14.5 Å². The minimum Gasteiger partial charge on any atom is -0.496 e. The number of hydrogen-bond acceptors (Lipinski definition) is 7. The van der Waals surface area contributed by atoms with E-state index >= 15 is 0 Å². The van der Waals surface area contributed by atoms with Crippen LogP contribution in [0.4, 0.5) is 0 Å². The van der Waals surface area contributed by atoms with Gasteiger partial charge in [-0.05, 0) is 37.5 Å². The third kappa shape index (κ3) is 5.54. The van der Waals surface area contributed by atoms with Crippen molar-refractivity contribution in [3.05, 3.63) is 23.8 Å². The number of piperazine rings is 1. The van der Waals surface area contributed by atoms with Gasteiger partial charge in [0, 0.05) is 52.4 Å². The lowest BCUT2D eigenvalue weighted by atomic mass is 10.1. The van der Waals surface area contributed by atoms with Crippen LogP contribution in [0.1, 0.15) is 29.6 Å². The Balaban J connectivity index is 1.41. The first kappa shape index (κ1) is 24.9. The van der Waals surface area contributed by atoms with Gasteiger partial charge in [0.05, 0.1) is 37.3 Å². The Hall–Kier alpha value is -2.21. The zero-order valence-electron chi connectivity index (χ0n) is 19.8. The number of carbonyl (C=O) groups excluding carboxylic acids is 2.